The highest BCUT2D eigenvalue weighted by Crippen LogP contribution is 2.13. The van der Waals surface area contributed by atoms with Crippen LogP contribution in [0.15, 0.2) is 0 Å². The van der Waals surface area contributed by atoms with E-state index in [-0.39, 0.29) is 18.1 Å². The van der Waals surface area contributed by atoms with Gasteiger partial charge in [0, 0.05) is 20.3 Å². The van der Waals surface area contributed by atoms with Crippen molar-refractivity contribution >= 4 is 5.91 Å². The molecule has 3 N–H and O–H groups in total. The highest BCUT2D eigenvalue weighted by Gasteiger charge is 2.26. The first-order valence-corrected chi connectivity index (χ1v) is 5.50. The fraction of sp³-hybridized carbons (Fsp3) is 0.900. The van der Waals surface area contributed by atoms with Crippen molar-refractivity contribution in [2.75, 3.05) is 33.9 Å². The second kappa shape index (κ2) is 6.80. The van der Waals surface area contributed by atoms with Crippen LogP contribution in [-0.2, 0) is 14.3 Å². The van der Waals surface area contributed by atoms with Crippen molar-refractivity contribution in [1.82, 2.24) is 10.3 Å². The zero-order chi connectivity index (χ0) is 12.0. The Morgan fingerprint density at radius 1 is 1.75 bits per heavy atom. The van der Waals surface area contributed by atoms with E-state index < -0.39 is 0 Å². The summed E-state index contributed by atoms with van der Waals surface area (Å²) in [7, 11) is 3.44. The molecule has 0 spiro atoms. The Bertz CT molecular complexity index is 219. The van der Waals surface area contributed by atoms with Gasteiger partial charge < -0.3 is 9.47 Å². The zero-order valence-electron chi connectivity index (χ0n) is 9.94. The molecule has 0 aliphatic carbocycles. The number of ether oxygens (including phenoxy) is 2. The Balaban J connectivity index is 2.45. The van der Waals surface area contributed by atoms with E-state index in [4.69, 9.17) is 15.3 Å². The third kappa shape index (κ3) is 3.71. The van der Waals surface area contributed by atoms with Gasteiger partial charge in [-0.25, -0.2) is 5.84 Å². The van der Waals surface area contributed by atoms with E-state index in [9.17, 15) is 4.79 Å². The highest BCUT2D eigenvalue weighted by molar-refractivity contribution is 5.81. The van der Waals surface area contributed by atoms with Gasteiger partial charge in [-0.1, -0.05) is 0 Å². The fourth-order valence-corrected chi connectivity index (χ4v) is 1.89. The zero-order valence-corrected chi connectivity index (χ0v) is 9.94. The minimum atomic E-state index is -0.362. The first kappa shape index (κ1) is 13.4. The molecule has 0 saturated carbocycles. The molecule has 1 saturated heterocycles. The number of nitrogens with zero attached hydrogens (tertiary/aromatic N) is 1. The van der Waals surface area contributed by atoms with Crippen LogP contribution in [0.1, 0.15) is 12.8 Å². The molecule has 16 heavy (non-hydrogen) atoms. The van der Waals surface area contributed by atoms with Gasteiger partial charge in [-0.2, -0.15) is 0 Å². The maximum atomic E-state index is 11.5. The number of amides is 1. The molecule has 1 aliphatic heterocycles. The molecule has 1 aliphatic rings. The van der Waals surface area contributed by atoms with E-state index >= 15 is 0 Å². The maximum absolute atomic E-state index is 11.5. The first-order chi connectivity index (χ1) is 7.69. The van der Waals surface area contributed by atoms with Crippen LogP contribution in [-0.4, -0.2) is 56.9 Å². The van der Waals surface area contributed by atoms with Gasteiger partial charge in [0.1, 0.15) is 6.04 Å². The molecule has 2 unspecified atom stereocenters. The molecule has 0 bridgehead atoms. The first-order valence-electron chi connectivity index (χ1n) is 5.50. The average Bonchev–Trinajstić information content (AvgIpc) is 2.77. The Morgan fingerprint density at radius 3 is 3.00 bits per heavy atom. The number of carbonyl (C=O) groups excluding carboxylic acids is 1. The maximum Gasteiger partial charge on any atom is 0.253 e. The van der Waals surface area contributed by atoms with Gasteiger partial charge >= 0.3 is 0 Å². The van der Waals surface area contributed by atoms with Gasteiger partial charge in [-0.3, -0.25) is 15.1 Å². The Morgan fingerprint density at radius 2 is 2.50 bits per heavy atom. The minimum absolute atomic E-state index is 0.218. The number of carbonyl (C=O) groups is 1. The van der Waals surface area contributed by atoms with Crippen LogP contribution >= 0.6 is 0 Å². The number of hydrogen-bond donors (Lipinski definition) is 2. The molecule has 6 heteroatoms. The van der Waals surface area contributed by atoms with E-state index in [2.05, 4.69) is 5.43 Å². The third-order valence-corrected chi connectivity index (χ3v) is 2.82. The lowest BCUT2D eigenvalue weighted by Gasteiger charge is -2.27. The topological polar surface area (TPSA) is 76.8 Å². The lowest BCUT2D eigenvalue weighted by atomic mass is 10.2. The molecule has 1 rings (SSSR count). The molecule has 0 radical (unpaired) electrons. The molecular weight excluding hydrogens is 210 g/mol. The molecule has 1 heterocycles. The third-order valence-electron chi connectivity index (χ3n) is 2.82. The number of likely N-dealkylation sites (N-methyl/N-ethyl adjacent to an activating group) is 1. The fourth-order valence-electron chi connectivity index (χ4n) is 1.89. The van der Waals surface area contributed by atoms with Gasteiger partial charge in [0.25, 0.3) is 5.91 Å². The number of nitrogens with two attached hydrogens (primary N) is 1. The summed E-state index contributed by atoms with van der Waals surface area (Å²) in [5.41, 5.74) is 2.15. The van der Waals surface area contributed by atoms with Gasteiger partial charge in [0.05, 0.1) is 12.7 Å². The van der Waals surface area contributed by atoms with Crippen molar-refractivity contribution < 1.29 is 14.3 Å². The van der Waals surface area contributed by atoms with Crippen molar-refractivity contribution in [3.8, 4) is 0 Å². The lowest BCUT2D eigenvalue weighted by Crippen LogP contribution is -2.51. The van der Waals surface area contributed by atoms with Crippen molar-refractivity contribution in [2.45, 2.75) is 25.0 Å². The van der Waals surface area contributed by atoms with Crippen LogP contribution < -0.4 is 11.3 Å². The van der Waals surface area contributed by atoms with Crippen LogP contribution in [0.4, 0.5) is 0 Å². The predicted molar refractivity (Wildman–Crippen MR) is 59.6 cm³/mol. The summed E-state index contributed by atoms with van der Waals surface area (Å²) >= 11 is 0. The Hall–Kier alpha value is -0.690. The van der Waals surface area contributed by atoms with Crippen LogP contribution in [0.25, 0.3) is 0 Å². The molecule has 2 atom stereocenters. The summed E-state index contributed by atoms with van der Waals surface area (Å²) < 4.78 is 10.5. The smallest absolute Gasteiger partial charge is 0.253 e. The van der Waals surface area contributed by atoms with Gasteiger partial charge in [0.2, 0.25) is 0 Å². The summed E-state index contributed by atoms with van der Waals surface area (Å²) in [6.45, 7) is 1.87. The standard InChI is InChI=1S/C10H21N3O3/c1-13(6-8-4-3-5-16-8)9(7-15-2)10(14)12-11/h8-9H,3-7,11H2,1-2H3,(H,12,14). The van der Waals surface area contributed by atoms with Crippen LogP contribution in [0.3, 0.4) is 0 Å². The van der Waals surface area contributed by atoms with Gasteiger partial charge in [-0.05, 0) is 19.9 Å². The normalized spacial score (nSPS) is 22.4. The summed E-state index contributed by atoms with van der Waals surface area (Å²) in [6, 6.07) is -0.362. The predicted octanol–water partition coefficient (Wildman–Crippen LogP) is -0.898. The number of rotatable bonds is 6. The molecule has 94 valence electrons. The lowest BCUT2D eigenvalue weighted by molar-refractivity contribution is -0.128. The molecule has 0 aromatic rings. The molecular formula is C10H21N3O3. The van der Waals surface area contributed by atoms with Crippen molar-refractivity contribution in [3.05, 3.63) is 0 Å². The van der Waals surface area contributed by atoms with Crippen LogP contribution in [0, 0.1) is 0 Å². The summed E-state index contributed by atoms with van der Waals surface area (Å²) in [4.78, 5) is 13.4. The number of methoxy groups -OCH3 is 1. The summed E-state index contributed by atoms with van der Waals surface area (Å²) in [5, 5.41) is 0. The monoisotopic (exact) mass is 231 g/mol. The van der Waals surface area contributed by atoms with Crippen molar-refractivity contribution in [2.24, 2.45) is 5.84 Å². The van der Waals surface area contributed by atoms with Crippen LogP contribution in [0.5, 0.6) is 0 Å². The van der Waals surface area contributed by atoms with E-state index in [1.54, 1.807) is 7.11 Å². The van der Waals surface area contributed by atoms with Crippen molar-refractivity contribution in [1.29, 1.82) is 0 Å². The second-order valence-electron chi connectivity index (χ2n) is 4.05. The SMILES string of the molecule is COCC(C(=O)NN)N(C)CC1CCCO1. The van der Waals surface area contributed by atoms with E-state index in [1.807, 2.05) is 11.9 Å². The second-order valence-corrected chi connectivity index (χ2v) is 4.05. The number of hydrogen-bond acceptors (Lipinski definition) is 5. The quantitative estimate of drug-likeness (QED) is 0.352. The van der Waals surface area contributed by atoms with E-state index in [0.717, 1.165) is 26.0 Å². The van der Waals surface area contributed by atoms with Gasteiger partial charge in [0.15, 0.2) is 0 Å². The Kier molecular flexibility index (Phi) is 5.68. The van der Waals surface area contributed by atoms with Gasteiger partial charge in [-0.15, -0.1) is 0 Å². The molecule has 1 amide bonds. The summed E-state index contributed by atoms with van der Waals surface area (Å²) in [5.74, 6) is 4.90. The highest BCUT2D eigenvalue weighted by atomic mass is 16.5. The minimum Gasteiger partial charge on any atom is -0.383 e. The van der Waals surface area contributed by atoms with Crippen molar-refractivity contribution in [3.63, 3.8) is 0 Å². The molecule has 0 aromatic heterocycles. The number of nitrogens with one attached hydrogen (secondary N) is 1. The molecule has 1 fully saturated rings. The Labute approximate surface area is 96.0 Å². The van der Waals surface area contributed by atoms with E-state index in [0.29, 0.717) is 6.61 Å². The molecule has 0 aromatic carbocycles. The van der Waals surface area contributed by atoms with Crippen LogP contribution in [0.2, 0.25) is 0 Å². The van der Waals surface area contributed by atoms with E-state index in [1.165, 1.54) is 0 Å². The summed E-state index contributed by atoms with van der Waals surface area (Å²) in [6.07, 6.45) is 2.36. The largest absolute Gasteiger partial charge is 0.383 e. The average molecular weight is 231 g/mol. The molecule has 6 nitrogen and oxygen atoms in total. The number of hydrazine groups is 1.